The Morgan fingerprint density at radius 2 is 1.92 bits per heavy atom. The first-order valence-corrected chi connectivity index (χ1v) is 9.07. The number of rotatable bonds is 8. The summed E-state index contributed by atoms with van der Waals surface area (Å²) in [5, 5.41) is 4.67. The van der Waals surface area contributed by atoms with E-state index in [2.05, 4.69) is 10.5 Å². The van der Waals surface area contributed by atoms with Crippen molar-refractivity contribution in [2.75, 3.05) is 12.4 Å². The standard InChI is InChI=1S/C18H19ClN2O2S/c1-2-23-17-9-5-14(6-10-17)11-20-21-18(22)13-24-12-15-3-7-16(19)8-4-15/h3-11H,2,12-13H2,1H3,(H,21,22)/b20-11+. The van der Waals surface area contributed by atoms with Crippen molar-refractivity contribution >= 4 is 35.5 Å². The fourth-order valence-electron chi connectivity index (χ4n) is 1.87. The van der Waals surface area contributed by atoms with Gasteiger partial charge in [0.2, 0.25) is 5.91 Å². The van der Waals surface area contributed by atoms with Gasteiger partial charge < -0.3 is 4.74 Å². The number of carbonyl (C=O) groups excluding carboxylic acids is 1. The summed E-state index contributed by atoms with van der Waals surface area (Å²) in [7, 11) is 0. The maximum atomic E-state index is 11.7. The van der Waals surface area contributed by atoms with Gasteiger partial charge >= 0.3 is 0 Å². The number of thioether (sulfide) groups is 1. The molecule has 0 heterocycles. The van der Waals surface area contributed by atoms with E-state index < -0.39 is 0 Å². The highest BCUT2D eigenvalue weighted by Gasteiger charge is 2.01. The molecule has 0 spiro atoms. The van der Waals surface area contributed by atoms with Crippen LogP contribution in [0.1, 0.15) is 18.1 Å². The highest BCUT2D eigenvalue weighted by atomic mass is 35.5. The minimum Gasteiger partial charge on any atom is -0.494 e. The van der Waals surface area contributed by atoms with E-state index in [-0.39, 0.29) is 5.91 Å². The Hall–Kier alpha value is -1.98. The number of carbonyl (C=O) groups is 1. The van der Waals surface area contributed by atoms with Crippen LogP contribution < -0.4 is 10.2 Å². The molecule has 0 aliphatic rings. The van der Waals surface area contributed by atoms with Crippen LogP contribution in [0.3, 0.4) is 0 Å². The smallest absolute Gasteiger partial charge is 0.250 e. The average molecular weight is 363 g/mol. The molecule has 0 unspecified atom stereocenters. The Labute approximate surface area is 151 Å². The molecule has 0 aliphatic heterocycles. The number of hydrogen-bond donors (Lipinski definition) is 1. The van der Waals surface area contributed by atoms with E-state index >= 15 is 0 Å². The number of amides is 1. The lowest BCUT2D eigenvalue weighted by molar-refractivity contribution is -0.118. The molecule has 0 aromatic heterocycles. The van der Waals surface area contributed by atoms with Crippen molar-refractivity contribution in [3.8, 4) is 5.75 Å². The molecule has 2 rings (SSSR count). The molecule has 2 aromatic carbocycles. The summed E-state index contributed by atoms with van der Waals surface area (Å²) in [5.74, 6) is 1.80. The van der Waals surface area contributed by atoms with Crippen molar-refractivity contribution in [2.45, 2.75) is 12.7 Å². The van der Waals surface area contributed by atoms with Gasteiger partial charge in [0.15, 0.2) is 0 Å². The molecule has 4 nitrogen and oxygen atoms in total. The first-order valence-electron chi connectivity index (χ1n) is 7.54. The lowest BCUT2D eigenvalue weighted by Gasteiger charge is -2.03. The number of ether oxygens (including phenoxy) is 1. The van der Waals surface area contributed by atoms with Crippen molar-refractivity contribution < 1.29 is 9.53 Å². The third-order valence-corrected chi connectivity index (χ3v) is 4.26. The molecule has 0 fully saturated rings. The van der Waals surface area contributed by atoms with Gasteiger partial charge in [-0.15, -0.1) is 11.8 Å². The maximum Gasteiger partial charge on any atom is 0.250 e. The number of halogens is 1. The quantitative estimate of drug-likeness (QED) is 0.567. The van der Waals surface area contributed by atoms with Gasteiger partial charge in [-0.3, -0.25) is 4.79 Å². The van der Waals surface area contributed by atoms with Crippen LogP contribution in [0, 0.1) is 0 Å². The predicted molar refractivity (Wildman–Crippen MR) is 101 cm³/mol. The minimum absolute atomic E-state index is 0.129. The molecule has 0 saturated heterocycles. The predicted octanol–water partition coefficient (Wildman–Crippen LogP) is 4.12. The molecule has 126 valence electrons. The minimum atomic E-state index is -0.129. The molecule has 0 aliphatic carbocycles. The molecule has 1 N–H and O–H groups in total. The van der Waals surface area contributed by atoms with Crippen molar-refractivity contribution in [3.63, 3.8) is 0 Å². The van der Waals surface area contributed by atoms with Crippen molar-refractivity contribution in [1.82, 2.24) is 5.43 Å². The topological polar surface area (TPSA) is 50.7 Å². The largest absolute Gasteiger partial charge is 0.494 e. The van der Waals surface area contributed by atoms with Crippen molar-refractivity contribution in [2.24, 2.45) is 5.10 Å². The zero-order valence-corrected chi connectivity index (χ0v) is 14.9. The second-order valence-corrected chi connectivity index (χ2v) is 6.34. The summed E-state index contributed by atoms with van der Waals surface area (Å²) < 4.78 is 5.37. The Bertz CT molecular complexity index is 672. The van der Waals surface area contributed by atoms with E-state index in [0.717, 1.165) is 22.6 Å². The molecular weight excluding hydrogens is 344 g/mol. The van der Waals surface area contributed by atoms with Gasteiger partial charge in [0.05, 0.1) is 18.6 Å². The number of hydrogen-bond acceptors (Lipinski definition) is 4. The summed E-state index contributed by atoms with van der Waals surface area (Å²) in [6.45, 7) is 2.58. The summed E-state index contributed by atoms with van der Waals surface area (Å²) in [6, 6.07) is 15.1. The number of nitrogens with one attached hydrogen (secondary N) is 1. The van der Waals surface area contributed by atoms with E-state index in [9.17, 15) is 4.79 Å². The third-order valence-electron chi connectivity index (χ3n) is 3.01. The van der Waals surface area contributed by atoms with Crippen LogP contribution in [0.4, 0.5) is 0 Å². The lowest BCUT2D eigenvalue weighted by atomic mass is 10.2. The van der Waals surface area contributed by atoms with Crippen LogP contribution in [0.5, 0.6) is 5.75 Å². The van der Waals surface area contributed by atoms with Crippen LogP contribution in [0.2, 0.25) is 5.02 Å². The Morgan fingerprint density at radius 1 is 1.21 bits per heavy atom. The summed E-state index contributed by atoms with van der Waals surface area (Å²) in [4.78, 5) is 11.7. The fourth-order valence-corrected chi connectivity index (χ4v) is 2.78. The summed E-state index contributed by atoms with van der Waals surface area (Å²) >= 11 is 7.36. The number of benzene rings is 2. The molecular formula is C18H19ClN2O2S. The SMILES string of the molecule is CCOc1ccc(/C=N/NC(=O)CSCc2ccc(Cl)cc2)cc1. The van der Waals surface area contributed by atoms with E-state index in [1.807, 2.05) is 55.5 Å². The van der Waals surface area contributed by atoms with E-state index in [1.165, 1.54) is 11.8 Å². The highest BCUT2D eigenvalue weighted by molar-refractivity contribution is 7.99. The first-order chi connectivity index (χ1) is 11.7. The fraction of sp³-hybridized carbons (Fsp3) is 0.222. The summed E-state index contributed by atoms with van der Waals surface area (Å²) in [5.41, 5.74) is 4.55. The van der Waals surface area contributed by atoms with Gasteiger partial charge in [-0.2, -0.15) is 5.10 Å². The van der Waals surface area contributed by atoms with Crippen molar-refractivity contribution in [3.05, 3.63) is 64.7 Å². The molecule has 0 saturated carbocycles. The van der Waals surface area contributed by atoms with Gasteiger partial charge in [0.25, 0.3) is 0 Å². The Morgan fingerprint density at radius 3 is 2.58 bits per heavy atom. The molecule has 24 heavy (non-hydrogen) atoms. The Balaban J connectivity index is 1.69. The van der Waals surface area contributed by atoms with Gasteiger partial charge in [-0.25, -0.2) is 5.43 Å². The van der Waals surface area contributed by atoms with Crippen molar-refractivity contribution in [1.29, 1.82) is 0 Å². The normalized spacial score (nSPS) is 10.8. The molecule has 0 bridgehead atoms. The van der Waals surface area contributed by atoms with Gasteiger partial charge in [-0.1, -0.05) is 23.7 Å². The second-order valence-electron chi connectivity index (χ2n) is 4.91. The van der Waals surface area contributed by atoms with Crippen LogP contribution in [0.25, 0.3) is 0 Å². The average Bonchev–Trinajstić information content (AvgIpc) is 2.58. The van der Waals surface area contributed by atoms with Crippen LogP contribution >= 0.6 is 23.4 Å². The summed E-state index contributed by atoms with van der Waals surface area (Å²) in [6.07, 6.45) is 1.61. The zero-order valence-electron chi connectivity index (χ0n) is 13.4. The highest BCUT2D eigenvalue weighted by Crippen LogP contribution is 2.15. The van der Waals surface area contributed by atoms with Gasteiger partial charge in [-0.05, 0) is 54.4 Å². The van der Waals surface area contributed by atoms with Crippen LogP contribution in [-0.2, 0) is 10.5 Å². The van der Waals surface area contributed by atoms with E-state index in [0.29, 0.717) is 17.4 Å². The van der Waals surface area contributed by atoms with E-state index in [1.54, 1.807) is 6.21 Å². The second kappa shape index (κ2) is 10.0. The number of hydrazone groups is 1. The van der Waals surface area contributed by atoms with E-state index in [4.69, 9.17) is 16.3 Å². The third kappa shape index (κ3) is 6.64. The number of nitrogens with zero attached hydrogens (tertiary/aromatic N) is 1. The first kappa shape index (κ1) is 18.4. The monoisotopic (exact) mass is 362 g/mol. The van der Waals surface area contributed by atoms with Crippen LogP contribution in [0.15, 0.2) is 53.6 Å². The van der Waals surface area contributed by atoms with Gasteiger partial charge in [0, 0.05) is 10.8 Å². The molecule has 2 aromatic rings. The lowest BCUT2D eigenvalue weighted by Crippen LogP contribution is -2.19. The molecule has 1 amide bonds. The molecule has 6 heteroatoms. The zero-order chi connectivity index (χ0) is 17.2. The molecule has 0 radical (unpaired) electrons. The van der Waals surface area contributed by atoms with Gasteiger partial charge in [0.1, 0.15) is 5.75 Å². The molecule has 0 atom stereocenters. The van der Waals surface area contributed by atoms with Crippen LogP contribution in [-0.4, -0.2) is 24.5 Å². The maximum absolute atomic E-state index is 11.7. The Kier molecular flexibility index (Phi) is 7.65.